The van der Waals surface area contributed by atoms with E-state index in [4.69, 9.17) is 42.4 Å². The fourth-order valence-corrected chi connectivity index (χ4v) is 24.4. The molecule has 1 heterocycles. The van der Waals surface area contributed by atoms with Crippen LogP contribution in [0.15, 0.2) is 0 Å². The van der Waals surface area contributed by atoms with Gasteiger partial charge in [0.15, 0.2) is 0 Å². The number of aliphatic hydroxyl groups is 1. The van der Waals surface area contributed by atoms with E-state index < -0.39 is 53.1 Å². The van der Waals surface area contributed by atoms with Gasteiger partial charge in [0.05, 0.1) is 6.23 Å². The first-order valence-electron chi connectivity index (χ1n) is 8.57. The molecule has 1 fully saturated rings. The average molecular weight is 510 g/mol. The van der Waals surface area contributed by atoms with Gasteiger partial charge >= 0.3 is 53.1 Å². The summed E-state index contributed by atoms with van der Waals surface area (Å²) in [5.74, 6) is 0. The minimum absolute atomic E-state index is 0.232. The topological polar surface area (TPSA) is 113 Å². The van der Waals surface area contributed by atoms with E-state index in [0.717, 1.165) is 0 Å². The smallest absolute Gasteiger partial charge is 0.397 e. The van der Waals surface area contributed by atoms with Crippen molar-refractivity contribution < 1.29 is 47.5 Å². The van der Waals surface area contributed by atoms with Gasteiger partial charge < -0.3 is 47.5 Å². The maximum absolute atomic E-state index is 9.66. The predicted molar refractivity (Wildman–Crippen MR) is 111 cm³/mol. The fraction of sp³-hybridized carbons (Fsp3) is 1.00. The van der Waals surface area contributed by atoms with Gasteiger partial charge in [0.1, 0.15) is 0 Å². The van der Waals surface area contributed by atoms with E-state index in [1.54, 1.807) is 32.7 Å². The van der Waals surface area contributed by atoms with Crippen LogP contribution in [-0.4, -0.2) is 92.8 Å². The van der Waals surface area contributed by atoms with E-state index in [0.29, 0.717) is 0 Å². The molecule has 1 aliphatic heterocycles. The average Bonchev–Trinajstić information content (AvgIpc) is 2.59. The van der Waals surface area contributed by atoms with Crippen molar-refractivity contribution in [2.75, 3.05) is 34.7 Å². The Morgan fingerprint density at radius 1 is 0.821 bits per heavy atom. The molecule has 0 aromatic heterocycles. The fourth-order valence-electron chi connectivity index (χ4n) is 2.48. The second-order valence-corrected chi connectivity index (χ2v) is 23.7. The minimum atomic E-state index is -3.28. The molecule has 167 valence electrons. The molecule has 0 spiro atoms. The van der Waals surface area contributed by atoms with E-state index in [9.17, 15) is 5.11 Å². The Labute approximate surface area is 174 Å². The molecule has 28 heavy (non-hydrogen) atoms. The molecular weight excluding hydrogens is 477 g/mol. The van der Waals surface area contributed by atoms with Gasteiger partial charge in [-0.15, -0.1) is 0 Å². The zero-order chi connectivity index (χ0) is 21.9. The van der Waals surface area contributed by atoms with Crippen molar-refractivity contribution in [3.8, 4) is 0 Å². The molecule has 0 aromatic rings. The molecule has 1 N–H and O–H groups in total. The quantitative estimate of drug-likeness (QED) is 0.397. The van der Waals surface area contributed by atoms with E-state index in [1.807, 2.05) is 6.55 Å². The number of aliphatic hydroxyl groups excluding tert-OH is 1. The van der Waals surface area contributed by atoms with E-state index >= 15 is 0 Å². The standard InChI is InChI=1S/C11H33O11Si6/c1-13-24(6,11-12)19-27(9)17-23(5)18-28(10,22-27)21-26(8,16-4)20-25(7,14-2)15-3/h12H,11H2,1-10H3. The lowest BCUT2D eigenvalue weighted by Crippen LogP contribution is -2.70. The van der Waals surface area contributed by atoms with Crippen LogP contribution >= 0.6 is 0 Å². The Bertz CT molecular complexity index is 511. The van der Waals surface area contributed by atoms with Crippen LogP contribution in [-0.2, 0) is 42.4 Å². The van der Waals surface area contributed by atoms with Crippen molar-refractivity contribution in [3.05, 3.63) is 0 Å². The molecule has 0 aromatic carbocycles. The van der Waals surface area contributed by atoms with Gasteiger partial charge in [-0.2, -0.15) is 0 Å². The molecule has 0 aliphatic carbocycles. The molecule has 1 radical (unpaired) electrons. The molecule has 4 atom stereocenters. The molecule has 0 saturated carbocycles. The van der Waals surface area contributed by atoms with Crippen molar-refractivity contribution in [3.63, 3.8) is 0 Å². The van der Waals surface area contributed by atoms with Gasteiger partial charge in [0.25, 0.3) is 0 Å². The minimum Gasteiger partial charge on any atom is -0.397 e. The molecule has 1 saturated heterocycles. The molecule has 4 unspecified atom stereocenters. The van der Waals surface area contributed by atoms with Crippen molar-refractivity contribution in [1.82, 2.24) is 0 Å². The monoisotopic (exact) mass is 509 g/mol. The number of hydrogen-bond acceptors (Lipinski definition) is 11. The highest BCUT2D eigenvalue weighted by molar-refractivity contribution is 6.90. The van der Waals surface area contributed by atoms with Gasteiger partial charge in [-0.1, -0.05) is 0 Å². The maximum atomic E-state index is 9.66. The van der Waals surface area contributed by atoms with Gasteiger partial charge in [0, 0.05) is 54.6 Å². The Hall–Kier alpha value is 0.861. The summed E-state index contributed by atoms with van der Waals surface area (Å²) in [5, 5.41) is 9.66. The third-order valence-electron chi connectivity index (χ3n) is 4.00. The zero-order valence-electron chi connectivity index (χ0n) is 18.2. The SMILES string of the molecule is CO[Si](C)(CO)O[Si]1(C)O[Si](C)O[Si](C)(O[Si](C)(OC)O[Si](C)(OC)OC)O1. The van der Waals surface area contributed by atoms with Gasteiger partial charge in [-0.3, -0.25) is 0 Å². The lowest BCUT2D eigenvalue weighted by molar-refractivity contribution is 0.0748. The highest BCUT2D eigenvalue weighted by atomic mass is 28.6. The van der Waals surface area contributed by atoms with Crippen LogP contribution < -0.4 is 0 Å². The molecular formula is C11H33O11Si6. The van der Waals surface area contributed by atoms with Crippen molar-refractivity contribution in [2.24, 2.45) is 0 Å². The Kier molecular flexibility index (Phi) is 9.59. The van der Waals surface area contributed by atoms with Crippen LogP contribution in [0.5, 0.6) is 0 Å². The van der Waals surface area contributed by atoms with Gasteiger partial charge in [0.2, 0.25) is 0 Å². The molecule has 1 rings (SSSR count). The third kappa shape index (κ3) is 7.23. The summed E-state index contributed by atoms with van der Waals surface area (Å²) in [6, 6.07) is 0. The molecule has 0 amide bonds. The van der Waals surface area contributed by atoms with Crippen LogP contribution in [0.1, 0.15) is 0 Å². The normalized spacial score (nSPS) is 31.4. The summed E-state index contributed by atoms with van der Waals surface area (Å²) in [6.07, 6.45) is -0.232. The van der Waals surface area contributed by atoms with Gasteiger partial charge in [-0.25, -0.2) is 0 Å². The summed E-state index contributed by atoms with van der Waals surface area (Å²) < 4.78 is 58.2. The Morgan fingerprint density at radius 2 is 1.29 bits per heavy atom. The van der Waals surface area contributed by atoms with Crippen molar-refractivity contribution in [1.29, 1.82) is 0 Å². The second kappa shape index (κ2) is 9.99. The van der Waals surface area contributed by atoms with Gasteiger partial charge in [-0.05, 0) is 13.1 Å². The summed E-state index contributed by atoms with van der Waals surface area (Å²) in [5.41, 5.74) is 0. The maximum Gasteiger partial charge on any atom is 0.489 e. The highest BCUT2D eigenvalue weighted by Gasteiger charge is 2.61. The largest absolute Gasteiger partial charge is 0.489 e. The second-order valence-electron chi connectivity index (χ2n) is 6.66. The summed E-state index contributed by atoms with van der Waals surface area (Å²) in [6.45, 7) is 10.5. The summed E-state index contributed by atoms with van der Waals surface area (Å²) >= 11 is 0. The first-order chi connectivity index (χ1) is 12.7. The summed E-state index contributed by atoms with van der Waals surface area (Å²) in [7, 11) is -11.2. The lowest BCUT2D eigenvalue weighted by atomic mass is 11.7. The molecule has 0 bridgehead atoms. The predicted octanol–water partition coefficient (Wildman–Crippen LogP) is 0.682. The van der Waals surface area contributed by atoms with Crippen molar-refractivity contribution >= 4 is 53.1 Å². The third-order valence-corrected chi connectivity index (χ3v) is 25.0. The van der Waals surface area contributed by atoms with Crippen molar-refractivity contribution in [2.45, 2.75) is 39.3 Å². The Morgan fingerprint density at radius 3 is 1.68 bits per heavy atom. The Balaban J connectivity index is 3.07. The van der Waals surface area contributed by atoms with Crippen LogP contribution in [0.25, 0.3) is 0 Å². The van der Waals surface area contributed by atoms with E-state index in [-0.39, 0.29) is 6.23 Å². The molecule has 11 nitrogen and oxygen atoms in total. The highest BCUT2D eigenvalue weighted by Crippen LogP contribution is 2.32. The van der Waals surface area contributed by atoms with Crippen LogP contribution in [0.4, 0.5) is 0 Å². The number of rotatable bonds is 11. The number of hydrogen-bond donors (Lipinski definition) is 1. The van der Waals surface area contributed by atoms with E-state index in [1.165, 1.54) is 28.4 Å². The lowest BCUT2D eigenvalue weighted by Gasteiger charge is -2.46. The van der Waals surface area contributed by atoms with Crippen LogP contribution in [0.3, 0.4) is 0 Å². The molecule has 1 aliphatic rings. The van der Waals surface area contributed by atoms with Crippen LogP contribution in [0, 0.1) is 0 Å². The zero-order valence-corrected chi connectivity index (χ0v) is 24.2. The first kappa shape index (κ1) is 26.9. The van der Waals surface area contributed by atoms with E-state index in [2.05, 4.69) is 0 Å². The first-order valence-corrected chi connectivity index (χ1v) is 21.8. The molecule has 17 heteroatoms. The summed E-state index contributed by atoms with van der Waals surface area (Å²) in [4.78, 5) is 0. The van der Waals surface area contributed by atoms with Crippen LogP contribution in [0.2, 0.25) is 39.3 Å².